The lowest BCUT2D eigenvalue weighted by atomic mass is 9.87. The molecule has 1 aromatic heterocycles. The summed E-state index contributed by atoms with van der Waals surface area (Å²) < 4.78 is 5.68. The van der Waals surface area contributed by atoms with Gasteiger partial charge in [-0.1, -0.05) is 32.9 Å². The van der Waals surface area contributed by atoms with Crippen molar-refractivity contribution in [2.24, 2.45) is 0 Å². The van der Waals surface area contributed by atoms with Gasteiger partial charge in [-0.2, -0.15) is 0 Å². The molecule has 0 saturated heterocycles. The highest BCUT2D eigenvalue weighted by Crippen LogP contribution is 2.24. The first-order chi connectivity index (χ1) is 10.4. The Hall–Kier alpha value is -2.36. The molecule has 4 nitrogen and oxygen atoms in total. The Morgan fingerprint density at radius 2 is 1.86 bits per heavy atom. The van der Waals surface area contributed by atoms with Crippen LogP contribution in [-0.4, -0.2) is 17.0 Å². The number of nitrogens with one attached hydrogen (secondary N) is 1. The van der Waals surface area contributed by atoms with Gasteiger partial charge in [-0.3, -0.25) is 9.78 Å². The van der Waals surface area contributed by atoms with Crippen molar-refractivity contribution in [3.05, 3.63) is 54.4 Å². The zero-order valence-electron chi connectivity index (χ0n) is 13.5. The minimum atomic E-state index is -0.583. The van der Waals surface area contributed by atoms with Crippen LogP contribution < -0.4 is 10.1 Å². The van der Waals surface area contributed by atoms with Gasteiger partial charge in [0.25, 0.3) is 5.91 Å². The molecule has 0 radical (unpaired) electrons. The Balaban J connectivity index is 1.96. The Morgan fingerprint density at radius 1 is 1.18 bits per heavy atom. The third kappa shape index (κ3) is 4.32. The summed E-state index contributed by atoms with van der Waals surface area (Å²) in [5, 5.41) is 2.77. The van der Waals surface area contributed by atoms with E-state index >= 15 is 0 Å². The number of rotatable bonds is 4. The molecule has 1 atom stereocenters. The summed E-state index contributed by atoms with van der Waals surface area (Å²) >= 11 is 0. The summed E-state index contributed by atoms with van der Waals surface area (Å²) in [6.07, 6.45) is 2.68. The zero-order chi connectivity index (χ0) is 16.2. The van der Waals surface area contributed by atoms with Crippen molar-refractivity contribution in [2.75, 3.05) is 5.32 Å². The number of pyridine rings is 1. The van der Waals surface area contributed by atoms with Crippen molar-refractivity contribution in [3.8, 4) is 5.75 Å². The van der Waals surface area contributed by atoms with Crippen LogP contribution in [0.1, 0.15) is 33.3 Å². The molecule has 1 N–H and O–H groups in total. The fraction of sp³-hybridized carbons (Fsp3) is 0.333. The molecule has 1 aromatic carbocycles. The first kappa shape index (κ1) is 16.0. The van der Waals surface area contributed by atoms with Gasteiger partial charge in [0.2, 0.25) is 0 Å². The molecular formula is C18H22N2O2. The van der Waals surface area contributed by atoms with E-state index in [1.165, 1.54) is 5.56 Å². The molecule has 0 fully saturated rings. The first-order valence-electron chi connectivity index (χ1n) is 7.34. The molecular weight excluding hydrogens is 276 g/mol. The molecule has 2 rings (SSSR count). The maximum absolute atomic E-state index is 12.1. The molecule has 4 heteroatoms. The van der Waals surface area contributed by atoms with E-state index in [9.17, 15) is 4.79 Å². The second kappa shape index (κ2) is 6.60. The number of hydrogen-bond acceptors (Lipinski definition) is 3. The van der Waals surface area contributed by atoms with Gasteiger partial charge in [-0.15, -0.1) is 0 Å². The number of ether oxygens (including phenoxy) is 1. The van der Waals surface area contributed by atoms with Crippen LogP contribution in [0.3, 0.4) is 0 Å². The lowest BCUT2D eigenvalue weighted by Gasteiger charge is -2.20. The van der Waals surface area contributed by atoms with Crippen LogP contribution in [0.25, 0.3) is 0 Å². The van der Waals surface area contributed by atoms with E-state index in [1.807, 2.05) is 24.3 Å². The monoisotopic (exact) mass is 298 g/mol. The number of anilines is 1. The number of carbonyl (C=O) groups is 1. The Labute approximate surface area is 131 Å². The van der Waals surface area contributed by atoms with Crippen LogP contribution in [0.4, 0.5) is 5.69 Å². The number of aromatic nitrogens is 1. The van der Waals surface area contributed by atoms with E-state index in [1.54, 1.807) is 31.5 Å². The molecule has 0 bridgehead atoms. The summed E-state index contributed by atoms with van der Waals surface area (Å²) in [5.74, 6) is 0.481. The summed E-state index contributed by atoms with van der Waals surface area (Å²) in [5.41, 5.74) is 1.99. The van der Waals surface area contributed by atoms with Crippen molar-refractivity contribution in [1.29, 1.82) is 0 Å². The Morgan fingerprint density at radius 3 is 2.41 bits per heavy atom. The topological polar surface area (TPSA) is 51.2 Å². The van der Waals surface area contributed by atoms with Crippen LogP contribution >= 0.6 is 0 Å². The van der Waals surface area contributed by atoms with Gasteiger partial charge in [0.05, 0.1) is 11.9 Å². The fourth-order valence-electron chi connectivity index (χ4n) is 1.97. The predicted octanol–water partition coefficient (Wildman–Crippen LogP) is 3.79. The van der Waals surface area contributed by atoms with Crippen molar-refractivity contribution in [1.82, 2.24) is 4.98 Å². The minimum Gasteiger partial charge on any atom is -0.481 e. The van der Waals surface area contributed by atoms with Gasteiger partial charge in [0.1, 0.15) is 5.75 Å². The predicted molar refractivity (Wildman–Crippen MR) is 88.1 cm³/mol. The molecule has 2 aromatic rings. The lowest BCUT2D eigenvalue weighted by molar-refractivity contribution is -0.122. The van der Waals surface area contributed by atoms with Crippen LogP contribution in [0.2, 0.25) is 0 Å². The molecule has 0 aliphatic carbocycles. The van der Waals surface area contributed by atoms with Crippen LogP contribution in [0, 0.1) is 0 Å². The van der Waals surface area contributed by atoms with Gasteiger partial charge >= 0.3 is 0 Å². The molecule has 0 saturated carbocycles. The standard InChI is InChI=1S/C18H22N2O2/c1-13(17(21)20-15-6-5-11-19-12-15)22-16-9-7-14(8-10-16)18(2,3)4/h5-13H,1-4H3,(H,20,21)/t13-/m0/s1. The smallest absolute Gasteiger partial charge is 0.265 e. The lowest BCUT2D eigenvalue weighted by Crippen LogP contribution is -2.30. The summed E-state index contributed by atoms with van der Waals surface area (Å²) in [4.78, 5) is 16.0. The summed E-state index contributed by atoms with van der Waals surface area (Å²) in [6, 6.07) is 11.4. The van der Waals surface area contributed by atoms with E-state index < -0.39 is 6.10 Å². The van der Waals surface area contributed by atoms with Crippen LogP contribution in [0.15, 0.2) is 48.8 Å². The molecule has 1 heterocycles. The Kier molecular flexibility index (Phi) is 4.81. The third-order valence-electron chi connectivity index (χ3n) is 3.33. The Bertz CT molecular complexity index is 616. The van der Waals surface area contributed by atoms with Crippen molar-refractivity contribution in [3.63, 3.8) is 0 Å². The van der Waals surface area contributed by atoms with Gasteiger partial charge in [0, 0.05) is 6.20 Å². The minimum absolute atomic E-state index is 0.0990. The molecule has 116 valence electrons. The first-order valence-corrected chi connectivity index (χ1v) is 7.34. The molecule has 0 aliphatic rings. The van der Waals surface area contributed by atoms with Gasteiger partial charge < -0.3 is 10.1 Å². The second-order valence-electron chi connectivity index (χ2n) is 6.27. The number of amides is 1. The number of benzene rings is 1. The van der Waals surface area contributed by atoms with E-state index in [4.69, 9.17) is 4.74 Å². The molecule has 0 spiro atoms. The highest BCUT2D eigenvalue weighted by molar-refractivity contribution is 5.93. The van der Waals surface area contributed by atoms with Gasteiger partial charge in [0.15, 0.2) is 6.10 Å². The van der Waals surface area contributed by atoms with Crippen molar-refractivity contribution in [2.45, 2.75) is 39.2 Å². The maximum atomic E-state index is 12.1. The van der Waals surface area contributed by atoms with E-state index in [0.29, 0.717) is 11.4 Å². The SMILES string of the molecule is C[C@H](Oc1ccc(C(C)(C)C)cc1)C(=O)Nc1cccnc1. The molecule has 22 heavy (non-hydrogen) atoms. The normalized spacial score (nSPS) is 12.5. The largest absolute Gasteiger partial charge is 0.481 e. The summed E-state index contributed by atoms with van der Waals surface area (Å²) in [7, 11) is 0. The average molecular weight is 298 g/mol. The quantitative estimate of drug-likeness (QED) is 0.934. The van der Waals surface area contributed by atoms with Crippen LogP contribution in [0.5, 0.6) is 5.75 Å². The molecule has 0 aliphatic heterocycles. The third-order valence-corrected chi connectivity index (χ3v) is 3.33. The zero-order valence-corrected chi connectivity index (χ0v) is 13.5. The maximum Gasteiger partial charge on any atom is 0.265 e. The molecule has 0 unspecified atom stereocenters. The average Bonchev–Trinajstić information content (AvgIpc) is 2.48. The molecule has 1 amide bonds. The number of hydrogen-bond donors (Lipinski definition) is 1. The van der Waals surface area contributed by atoms with Gasteiger partial charge in [-0.25, -0.2) is 0 Å². The van der Waals surface area contributed by atoms with E-state index in [2.05, 4.69) is 31.1 Å². The van der Waals surface area contributed by atoms with E-state index in [-0.39, 0.29) is 11.3 Å². The van der Waals surface area contributed by atoms with Crippen molar-refractivity contribution >= 4 is 11.6 Å². The number of carbonyl (C=O) groups excluding carboxylic acids is 1. The van der Waals surface area contributed by atoms with Crippen LogP contribution in [-0.2, 0) is 10.2 Å². The van der Waals surface area contributed by atoms with Gasteiger partial charge in [-0.05, 0) is 42.2 Å². The highest BCUT2D eigenvalue weighted by Gasteiger charge is 2.16. The van der Waals surface area contributed by atoms with E-state index in [0.717, 1.165) is 0 Å². The highest BCUT2D eigenvalue weighted by atomic mass is 16.5. The second-order valence-corrected chi connectivity index (χ2v) is 6.27. The number of nitrogens with zero attached hydrogens (tertiary/aromatic N) is 1. The summed E-state index contributed by atoms with van der Waals surface area (Å²) in [6.45, 7) is 8.20. The van der Waals surface area contributed by atoms with Crippen molar-refractivity contribution < 1.29 is 9.53 Å². The fourth-order valence-corrected chi connectivity index (χ4v) is 1.97.